The second-order valence-electron chi connectivity index (χ2n) is 6.21. The van der Waals surface area contributed by atoms with Crippen molar-refractivity contribution in [1.82, 2.24) is 5.32 Å². The molecule has 0 radical (unpaired) electrons. The van der Waals surface area contributed by atoms with E-state index < -0.39 is 0 Å². The van der Waals surface area contributed by atoms with Gasteiger partial charge < -0.3 is 10.6 Å². The Hall–Kier alpha value is -3.11. The van der Waals surface area contributed by atoms with Gasteiger partial charge in [0, 0.05) is 28.4 Å². The van der Waals surface area contributed by atoms with Gasteiger partial charge in [-0.1, -0.05) is 41.9 Å². The highest BCUT2D eigenvalue weighted by Gasteiger charge is 2.11. The number of hydrogen-bond donors (Lipinski definition) is 2. The lowest BCUT2D eigenvalue weighted by molar-refractivity contribution is 0.0951. The average molecular weight is 379 g/mol. The second kappa shape index (κ2) is 8.52. The van der Waals surface area contributed by atoms with Crippen molar-refractivity contribution in [3.8, 4) is 0 Å². The minimum atomic E-state index is -0.257. The lowest BCUT2D eigenvalue weighted by Gasteiger charge is -2.09. The normalized spacial score (nSPS) is 10.3. The lowest BCUT2D eigenvalue weighted by atomic mass is 10.1. The molecule has 136 valence electrons. The third-order valence-electron chi connectivity index (χ3n) is 4.03. The predicted octanol–water partition coefficient (Wildman–Crippen LogP) is 4.83. The molecule has 0 aliphatic carbocycles. The molecule has 0 atom stereocenters. The summed E-state index contributed by atoms with van der Waals surface area (Å²) < 4.78 is 0. The fourth-order valence-corrected chi connectivity index (χ4v) is 2.74. The molecule has 0 heterocycles. The van der Waals surface area contributed by atoms with E-state index in [0.717, 1.165) is 16.8 Å². The molecule has 0 spiro atoms. The second-order valence-corrected chi connectivity index (χ2v) is 6.65. The zero-order valence-electron chi connectivity index (χ0n) is 14.8. The van der Waals surface area contributed by atoms with Gasteiger partial charge in [-0.3, -0.25) is 9.59 Å². The van der Waals surface area contributed by atoms with Crippen LogP contribution in [0.2, 0.25) is 5.02 Å². The van der Waals surface area contributed by atoms with Crippen molar-refractivity contribution in [3.63, 3.8) is 0 Å². The Kier molecular flexibility index (Phi) is 5.89. The largest absolute Gasteiger partial charge is 0.348 e. The Bertz CT molecular complexity index is 968. The van der Waals surface area contributed by atoms with E-state index in [9.17, 15) is 9.59 Å². The highest BCUT2D eigenvalue weighted by atomic mass is 35.5. The Morgan fingerprint density at radius 2 is 1.52 bits per heavy atom. The van der Waals surface area contributed by atoms with Crippen LogP contribution in [0.5, 0.6) is 0 Å². The molecular formula is C22H19ClN2O2. The van der Waals surface area contributed by atoms with Crippen molar-refractivity contribution in [3.05, 3.63) is 100 Å². The molecule has 0 aliphatic rings. The highest BCUT2D eigenvalue weighted by molar-refractivity contribution is 6.30. The molecule has 3 aromatic rings. The quantitative estimate of drug-likeness (QED) is 0.668. The first-order chi connectivity index (χ1) is 13.0. The molecular weight excluding hydrogens is 360 g/mol. The van der Waals surface area contributed by atoms with Gasteiger partial charge in [0.05, 0.1) is 0 Å². The molecule has 2 N–H and O–H groups in total. The number of halogens is 1. The molecule has 0 fully saturated rings. The number of nitrogens with one attached hydrogen (secondary N) is 2. The zero-order chi connectivity index (χ0) is 19.2. The number of rotatable bonds is 5. The topological polar surface area (TPSA) is 58.2 Å². The van der Waals surface area contributed by atoms with E-state index >= 15 is 0 Å². The Balaban J connectivity index is 1.66. The van der Waals surface area contributed by atoms with Crippen molar-refractivity contribution in [2.75, 3.05) is 5.32 Å². The van der Waals surface area contributed by atoms with E-state index in [4.69, 9.17) is 11.6 Å². The first-order valence-electron chi connectivity index (χ1n) is 8.52. The molecule has 0 unspecified atom stereocenters. The number of anilines is 1. The van der Waals surface area contributed by atoms with Crippen molar-refractivity contribution >= 4 is 29.1 Å². The van der Waals surface area contributed by atoms with Crippen LogP contribution in [-0.2, 0) is 6.54 Å². The third kappa shape index (κ3) is 5.19. The number of aryl methyl sites for hydroxylation is 1. The van der Waals surface area contributed by atoms with Crippen LogP contribution in [0.15, 0.2) is 72.8 Å². The van der Waals surface area contributed by atoms with E-state index in [0.29, 0.717) is 22.7 Å². The van der Waals surface area contributed by atoms with E-state index in [2.05, 4.69) is 10.6 Å². The maximum Gasteiger partial charge on any atom is 0.255 e. The number of carbonyl (C=O) groups excluding carboxylic acids is 2. The molecule has 0 aromatic heterocycles. The fraction of sp³-hybridized carbons (Fsp3) is 0.0909. The van der Waals surface area contributed by atoms with Crippen molar-refractivity contribution in [2.45, 2.75) is 13.5 Å². The molecule has 0 aliphatic heterocycles. The van der Waals surface area contributed by atoms with Crippen LogP contribution < -0.4 is 10.6 Å². The van der Waals surface area contributed by atoms with Crippen LogP contribution in [0, 0.1) is 6.92 Å². The minimum absolute atomic E-state index is 0.241. The summed E-state index contributed by atoms with van der Waals surface area (Å²) in [6, 6.07) is 21.5. The summed E-state index contributed by atoms with van der Waals surface area (Å²) in [4.78, 5) is 24.8. The van der Waals surface area contributed by atoms with Gasteiger partial charge in [-0.25, -0.2) is 0 Å². The van der Waals surface area contributed by atoms with Gasteiger partial charge in [-0.15, -0.1) is 0 Å². The van der Waals surface area contributed by atoms with Gasteiger partial charge in [0.1, 0.15) is 0 Å². The maximum absolute atomic E-state index is 12.5. The van der Waals surface area contributed by atoms with Gasteiger partial charge in [0.15, 0.2) is 0 Å². The number of benzene rings is 3. The summed E-state index contributed by atoms with van der Waals surface area (Å²) in [7, 11) is 0. The smallest absolute Gasteiger partial charge is 0.255 e. The van der Waals surface area contributed by atoms with Crippen molar-refractivity contribution in [1.29, 1.82) is 0 Å². The third-order valence-corrected chi connectivity index (χ3v) is 4.28. The van der Waals surface area contributed by atoms with Crippen LogP contribution in [0.4, 0.5) is 5.69 Å². The molecule has 0 saturated heterocycles. The van der Waals surface area contributed by atoms with Crippen LogP contribution in [0.3, 0.4) is 0 Å². The van der Waals surface area contributed by atoms with E-state index in [1.165, 1.54) is 0 Å². The van der Waals surface area contributed by atoms with Gasteiger partial charge in [-0.05, 0) is 60.5 Å². The van der Waals surface area contributed by atoms with Crippen molar-refractivity contribution in [2.24, 2.45) is 0 Å². The predicted molar refractivity (Wildman–Crippen MR) is 108 cm³/mol. The van der Waals surface area contributed by atoms with Gasteiger partial charge in [0.25, 0.3) is 11.8 Å². The summed E-state index contributed by atoms with van der Waals surface area (Å²) >= 11 is 5.86. The lowest BCUT2D eigenvalue weighted by Crippen LogP contribution is -2.23. The molecule has 5 heteroatoms. The fourth-order valence-electron chi connectivity index (χ4n) is 2.61. The Labute approximate surface area is 163 Å². The summed E-state index contributed by atoms with van der Waals surface area (Å²) in [5.74, 6) is -0.497. The molecule has 0 bridgehead atoms. The van der Waals surface area contributed by atoms with Crippen LogP contribution in [0.25, 0.3) is 0 Å². The van der Waals surface area contributed by atoms with Gasteiger partial charge >= 0.3 is 0 Å². The highest BCUT2D eigenvalue weighted by Crippen LogP contribution is 2.13. The number of amides is 2. The molecule has 2 amide bonds. The molecule has 0 saturated carbocycles. The Morgan fingerprint density at radius 1 is 0.852 bits per heavy atom. The van der Waals surface area contributed by atoms with Crippen LogP contribution in [0.1, 0.15) is 31.8 Å². The molecule has 3 rings (SSSR count). The maximum atomic E-state index is 12.5. The zero-order valence-corrected chi connectivity index (χ0v) is 15.6. The summed E-state index contributed by atoms with van der Waals surface area (Å²) in [6.45, 7) is 2.34. The first-order valence-corrected chi connectivity index (χ1v) is 8.90. The molecule has 27 heavy (non-hydrogen) atoms. The van der Waals surface area contributed by atoms with Gasteiger partial charge in [-0.2, -0.15) is 0 Å². The Morgan fingerprint density at radius 3 is 2.22 bits per heavy atom. The van der Waals surface area contributed by atoms with Crippen LogP contribution >= 0.6 is 11.6 Å². The summed E-state index contributed by atoms with van der Waals surface area (Å²) in [6.07, 6.45) is 0. The SMILES string of the molecule is Cc1cccc(NC(=O)c2cccc(C(=O)NCc3ccc(Cl)cc3)c2)c1. The van der Waals surface area contributed by atoms with Crippen molar-refractivity contribution < 1.29 is 9.59 Å². The summed E-state index contributed by atoms with van der Waals surface area (Å²) in [5, 5.41) is 6.34. The molecule has 3 aromatic carbocycles. The number of carbonyl (C=O) groups is 2. The van der Waals surface area contributed by atoms with Crippen LogP contribution in [-0.4, -0.2) is 11.8 Å². The number of hydrogen-bond acceptors (Lipinski definition) is 2. The first kappa shape index (κ1) is 18.7. The minimum Gasteiger partial charge on any atom is -0.348 e. The van der Waals surface area contributed by atoms with Gasteiger partial charge in [0.2, 0.25) is 0 Å². The molecule has 4 nitrogen and oxygen atoms in total. The standard InChI is InChI=1S/C22H19ClN2O2/c1-15-4-2-7-20(12-15)25-22(27)18-6-3-5-17(13-18)21(26)24-14-16-8-10-19(23)11-9-16/h2-13H,14H2,1H3,(H,24,26)(H,25,27). The monoisotopic (exact) mass is 378 g/mol. The van der Waals surface area contributed by atoms with E-state index in [1.54, 1.807) is 36.4 Å². The van der Waals surface area contributed by atoms with E-state index in [-0.39, 0.29) is 11.8 Å². The van der Waals surface area contributed by atoms with E-state index in [1.807, 2.05) is 43.3 Å². The average Bonchev–Trinajstić information content (AvgIpc) is 2.67. The summed E-state index contributed by atoms with van der Waals surface area (Å²) in [5.41, 5.74) is 3.58.